The molecule has 0 heterocycles. The smallest absolute Gasteiger partial charge is 0.306 e. The number of phenolic OH excluding ortho intramolecular Hbond substituents is 4. The van der Waals surface area contributed by atoms with Crippen molar-refractivity contribution in [3.63, 3.8) is 0 Å². The number of rotatable bonds is 12. The third-order valence-corrected chi connectivity index (χ3v) is 5.27. The minimum absolute atomic E-state index is 0.179. The molecule has 0 unspecified atom stereocenters. The van der Waals surface area contributed by atoms with Gasteiger partial charge in [-0.3, -0.25) is 9.59 Å². The third-order valence-electron chi connectivity index (χ3n) is 4.29. The van der Waals surface area contributed by atoms with Crippen LogP contribution in [0.5, 0.6) is 23.0 Å². The van der Waals surface area contributed by atoms with Crippen LogP contribution in [-0.4, -0.2) is 57.1 Å². The summed E-state index contributed by atoms with van der Waals surface area (Å²) < 4.78 is 10.3. The van der Waals surface area contributed by atoms with Crippen molar-refractivity contribution in [3.8, 4) is 23.0 Å². The lowest BCUT2D eigenvalue weighted by molar-refractivity contribution is -0.143. The molecule has 0 aliphatic carbocycles. The number of esters is 2. The number of thioether (sulfide) groups is 1. The van der Waals surface area contributed by atoms with Crippen molar-refractivity contribution in [1.29, 1.82) is 0 Å². The highest BCUT2D eigenvalue weighted by atomic mass is 32.2. The fourth-order valence-electron chi connectivity index (χ4n) is 2.57. The zero-order chi connectivity index (χ0) is 22.6. The standard InChI is InChI=1S/C22H26O8S/c23-17-3-1-15(13-19(17)25)5-9-29-21(27)7-11-31-12-8-22(28)30-10-6-16-2-4-18(24)20(26)14-16/h1-4,13-14,23-26H,5-12H2. The molecule has 0 saturated carbocycles. The fourth-order valence-corrected chi connectivity index (χ4v) is 3.40. The van der Waals surface area contributed by atoms with Crippen LogP contribution in [0.15, 0.2) is 36.4 Å². The van der Waals surface area contributed by atoms with E-state index in [9.17, 15) is 30.0 Å². The molecule has 0 aliphatic heterocycles. The van der Waals surface area contributed by atoms with E-state index in [0.717, 1.165) is 11.1 Å². The Morgan fingerprint density at radius 2 is 1.10 bits per heavy atom. The Kier molecular flexibility index (Phi) is 9.83. The van der Waals surface area contributed by atoms with Crippen LogP contribution in [-0.2, 0) is 31.9 Å². The molecule has 0 spiro atoms. The summed E-state index contributed by atoms with van der Waals surface area (Å²) in [6.45, 7) is 0.359. The predicted octanol–water partition coefficient (Wildman–Crippen LogP) is 2.89. The van der Waals surface area contributed by atoms with Crippen LogP contribution < -0.4 is 0 Å². The molecule has 0 amide bonds. The SMILES string of the molecule is O=C(CCSCCC(=O)OCCc1ccc(O)c(O)c1)OCCc1ccc(O)c(O)c1. The molecule has 2 aromatic rings. The number of hydrogen-bond donors (Lipinski definition) is 4. The van der Waals surface area contributed by atoms with Gasteiger partial charge in [0.2, 0.25) is 0 Å². The summed E-state index contributed by atoms with van der Waals surface area (Å²) in [5.74, 6) is -0.432. The van der Waals surface area contributed by atoms with Crippen LogP contribution in [0.4, 0.5) is 0 Å². The van der Waals surface area contributed by atoms with Gasteiger partial charge in [0, 0.05) is 24.3 Å². The lowest BCUT2D eigenvalue weighted by Crippen LogP contribution is -2.10. The second-order valence-electron chi connectivity index (χ2n) is 6.70. The van der Waals surface area contributed by atoms with E-state index in [2.05, 4.69) is 0 Å². The highest BCUT2D eigenvalue weighted by molar-refractivity contribution is 7.99. The first-order chi connectivity index (χ1) is 14.8. The molecule has 0 radical (unpaired) electrons. The molecule has 0 saturated heterocycles. The van der Waals surface area contributed by atoms with Crippen LogP contribution in [0, 0.1) is 0 Å². The van der Waals surface area contributed by atoms with Crippen molar-refractivity contribution >= 4 is 23.7 Å². The molecule has 8 nitrogen and oxygen atoms in total. The number of aromatic hydroxyl groups is 4. The molecule has 168 valence electrons. The molecule has 0 aliphatic rings. The molecule has 0 atom stereocenters. The molecule has 0 bridgehead atoms. The lowest BCUT2D eigenvalue weighted by atomic mass is 10.1. The number of benzene rings is 2. The van der Waals surface area contributed by atoms with Gasteiger partial charge in [-0.25, -0.2) is 0 Å². The molecule has 4 N–H and O–H groups in total. The summed E-state index contributed by atoms with van der Waals surface area (Å²) in [4.78, 5) is 23.4. The first kappa shape index (κ1) is 24.2. The molecule has 2 aromatic carbocycles. The summed E-state index contributed by atoms with van der Waals surface area (Å²) in [6.07, 6.45) is 1.32. The number of phenols is 4. The van der Waals surface area contributed by atoms with E-state index in [1.54, 1.807) is 12.1 Å². The van der Waals surface area contributed by atoms with Gasteiger partial charge in [-0.1, -0.05) is 12.1 Å². The highest BCUT2D eigenvalue weighted by Crippen LogP contribution is 2.25. The Balaban J connectivity index is 1.49. The zero-order valence-corrected chi connectivity index (χ0v) is 17.8. The summed E-state index contributed by atoms with van der Waals surface area (Å²) in [5.41, 5.74) is 1.50. The molecule has 0 aromatic heterocycles. The minimum Gasteiger partial charge on any atom is -0.504 e. The summed E-state index contributed by atoms with van der Waals surface area (Å²) in [5, 5.41) is 37.4. The maximum absolute atomic E-state index is 11.7. The first-order valence-corrected chi connectivity index (χ1v) is 10.9. The average Bonchev–Trinajstić information content (AvgIpc) is 2.73. The van der Waals surface area contributed by atoms with Crippen molar-refractivity contribution in [2.45, 2.75) is 25.7 Å². The molecule has 9 heteroatoms. The minimum atomic E-state index is -0.338. The van der Waals surface area contributed by atoms with Crippen LogP contribution in [0.25, 0.3) is 0 Å². The zero-order valence-electron chi connectivity index (χ0n) is 17.0. The van der Waals surface area contributed by atoms with Crippen LogP contribution in [0.2, 0.25) is 0 Å². The van der Waals surface area contributed by atoms with Gasteiger partial charge in [0.05, 0.1) is 26.1 Å². The van der Waals surface area contributed by atoms with Crippen molar-refractivity contribution in [2.24, 2.45) is 0 Å². The van der Waals surface area contributed by atoms with Crippen molar-refractivity contribution < 1.29 is 39.5 Å². The van der Waals surface area contributed by atoms with E-state index in [-0.39, 0.29) is 61.0 Å². The van der Waals surface area contributed by atoms with Gasteiger partial charge in [-0.2, -0.15) is 11.8 Å². The van der Waals surface area contributed by atoms with E-state index in [4.69, 9.17) is 9.47 Å². The maximum atomic E-state index is 11.7. The van der Waals surface area contributed by atoms with Gasteiger partial charge in [0.25, 0.3) is 0 Å². The number of carbonyl (C=O) groups is 2. The van der Waals surface area contributed by atoms with Crippen molar-refractivity contribution in [3.05, 3.63) is 47.5 Å². The van der Waals surface area contributed by atoms with E-state index >= 15 is 0 Å². The van der Waals surface area contributed by atoms with Crippen molar-refractivity contribution in [1.82, 2.24) is 0 Å². The Bertz CT molecular complexity index is 812. The number of carbonyl (C=O) groups excluding carboxylic acids is 2. The van der Waals surface area contributed by atoms with E-state index in [1.165, 1.54) is 36.0 Å². The van der Waals surface area contributed by atoms with Crippen LogP contribution in [0.3, 0.4) is 0 Å². The van der Waals surface area contributed by atoms with Crippen molar-refractivity contribution in [2.75, 3.05) is 24.7 Å². The van der Waals surface area contributed by atoms with Gasteiger partial charge in [-0.05, 0) is 35.4 Å². The molecule has 31 heavy (non-hydrogen) atoms. The topological polar surface area (TPSA) is 134 Å². The van der Waals surface area contributed by atoms with E-state index < -0.39 is 0 Å². The Hall–Kier alpha value is -3.07. The largest absolute Gasteiger partial charge is 0.504 e. The maximum Gasteiger partial charge on any atom is 0.306 e. The summed E-state index contributed by atoms with van der Waals surface area (Å²) in [6, 6.07) is 8.90. The van der Waals surface area contributed by atoms with Crippen LogP contribution >= 0.6 is 11.8 Å². The normalized spacial score (nSPS) is 10.6. The molecule has 2 rings (SSSR count). The average molecular weight is 451 g/mol. The Labute approximate surface area is 184 Å². The van der Waals surface area contributed by atoms with E-state index in [0.29, 0.717) is 24.3 Å². The second-order valence-corrected chi connectivity index (χ2v) is 7.92. The van der Waals surface area contributed by atoms with Gasteiger partial charge in [0.1, 0.15) is 0 Å². The summed E-state index contributed by atoms with van der Waals surface area (Å²) >= 11 is 1.45. The lowest BCUT2D eigenvalue weighted by Gasteiger charge is -2.07. The quantitative estimate of drug-likeness (QED) is 0.219. The molecular formula is C22H26O8S. The molecule has 0 fully saturated rings. The fraction of sp³-hybridized carbons (Fsp3) is 0.364. The summed E-state index contributed by atoms with van der Waals surface area (Å²) in [7, 11) is 0. The molecular weight excluding hydrogens is 424 g/mol. The third kappa shape index (κ3) is 9.08. The predicted molar refractivity (Wildman–Crippen MR) is 115 cm³/mol. The van der Waals surface area contributed by atoms with Gasteiger partial charge in [-0.15, -0.1) is 0 Å². The Morgan fingerprint density at radius 3 is 1.48 bits per heavy atom. The van der Waals surface area contributed by atoms with E-state index in [1.807, 2.05) is 0 Å². The monoisotopic (exact) mass is 450 g/mol. The highest BCUT2D eigenvalue weighted by Gasteiger charge is 2.07. The first-order valence-electron chi connectivity index (χ1n) is 9.76. The Morgan fingerprint density at radius 1 is 0.677 bits per heavy atom. The van der Waals surface area contributed by atoms with Gasteiger partial charge >= 0.3 is 11.9 Å². The number of ether oxygens (including phenoxy) is 2. The van der Waals surface area contributed by atoms with Gasteiger partial charge < -0.3 is 29.9 Å². The second kappa shape index (κ2) is 12.6. The van der Waals surface area contributed by atoms with Gasteiger partial charge in [0.15, 0.2) is 23.0 Å². The van der Waals surface area contributed by atoms with Crippen LogP contribution in [0.1, 0.15) is 24.0 Å². The number of hydrogen-bond acceptors (Lipinski definition) is 9.